The first-order valence-electron chi connectivity index (χ1n) is 8.25. The van der Waals surface area contributed by atoms with Crippen molar-refractivity contribution in [3.05, 3.63) is 77.4 Å². The average molecular weight is 375 g/mol. The summed E-state index contributed by atoms with van der Waals surface area (Å²) < 4.78 is 1.84. The number of rotatable bonds is 4. The van der Waals surface area contributed by atoms with E-state index in [4.69, 9.17) is 5.11 Å². The van der Waals surface area contributed by atoms with Crippen LogP contribution in [0.1, 0.15) is 31.1 Å². The molecule has 28 heavy (non-hydrogen) atoms. The fourth-order valence-electron chi connectivity index (χ4n) is 3.32. The SMILES string of the molecule is O=C(O)c1ccc(-n2c3ccc(C(=O)O)cc3c3cc(C(=O)O)ccc32)cc1. The number of carboxylic acid groups (broad SMARTS) is 3. The van der Waals surface area contributed by atoms with Crippen molar-refractivity contribution in [2.45, 2.75) is 0 Å². The first-order chi connectivity index (χ1) is 13.4. The fraction of sp³-hybridized carbons (Fsp3) is 0. The molecular formula is C21H13NO6. The van der Waals surface area contributed by atoms with Crippen molar-refractivity contribution in [3.63, 3.8) is 0 Å². The minimum Gasteiger partial charge on any atom is -0.478 e. The molecule has 0 aliphatic carbocycles. The van der Waals surface area contributed by atoms with Gasteiger partial charge < -0.3 is 19.9 Å². The van der Waals surface area contributed by atoms with Crippen LogP contribution in [-0.4, -0.2) is 37.8 Å². The van der Waals surface area contributed by atoms with Gasteiger partial charge in [-0.25, -0.2) is 14.4 Å². The van der Waals surface area contributed by atoms with E-state index in [0.29, 0.717) is 27.5 Å². The molecule has 0 atom stereocenters. The van der Waals surface area contributed by atoms with E-state index in [1.54, 1.807) is 24.3 Å². The molecule has 3 N–H and O–H groups in total. The van der Waals surface area contributed by atoms with Gasteiger partial charge in [-0.15, -0.1) is 0 Å². The number of benzene rings is 3. The van der Waals surface area contributed by atoms with Crippen molar-refractivity contribution in [1.29, 1.82) is 0 Å². The van der Waals surface area contributed by atoms with E-state index in [1.165, 1.54) is 36.4 Å². The van der Waals surface area contributed by atoms with Crippen molar-refractivity contribution in [1.82, 2.24) is 4.57 Å². The van der Waals surface area contributed by atoms with Crippen LogP contribution in [0.15, 0.2) is 60.7 Å². The second-order valence-electron chi connectivity index (χ2n) is 6.26. The molecule has 4 aromatic rings. The highest BCUT2D eigenvalue weighted by Gasteiger charge is 2.16. The van der Waals surface area contributed by atoms with Crippen LogP contribution in [-0.2, 0) is 0 Å². The molecule has 1 heterocycles. The highest BCUT2D eigenvalue weighted by atomic mass is 16.4. The average Bonchev–Trinajstić information content (AvgIpc) is 3.00. The van der Waals surface area contributed by atoms with Gasteiger partial charge in [0.15, 0.2) is 0 Å². The molecule has 7 nitrogen and oxygen atoms in total. The largest absolute Gasteiger partial charge is 0.478 e. The monoisotopic (exact) mass is 375 g/mol. The summed E-state index contributed by atoms with van der Waals surface area (Å²) in [6.07, 6.45) is 0. The molecule has 0 bridgehead atoms. The number of aromatic carboxylic acids is 3. The Morgan fingerprint density at radius 1 is 0.571 bits per heavy atom. The third-order valence-corrected chi connectivity index (χ3v) is 4.63. The predicted molar refractivity (Wildman–Crippen MR) is 102 cm³/mol. The highest BCUT2D eigenvalue weighted by molar-refractivity contribution is 6.12. The lowest BCUT2D eigenvalue weighted by Gasteiger charge is -2.08. The van der Waals surface area contributed by atoms with Crippen molar-refractivity contribution in [2.75, 3.05) is 0 Å². The summed E-state index contributed by atoms with van der Waals surface area (Å²) in [6, 6.07) is 15.5. The maximum Gasteiger partial charge on any atom is 0.335 e. The molecule has 1 aromatic heterocycles. The summed E-state index contributed by atoms with van der Waals surface area (Å²) in [5, 5.41) is 28.9. The van der Waals surface area contributed by atoms with Gasteiger partial charge in [-0.1, -0.05) is 0 Å². The van der Waals surface area contributed by atoms with Crippen LogP contribution in [0.3, 0.4) is 0 Å². The lowest BCUT2D eigenvalue weighted by molar-refractivity contribution is 0.0686. The molecule has 0 spiro atoms. The third-order valence-electron chi connectivity index (χ3n) is 4.63. The van der Waals surface area contributed by atoms with Crippen LogP contribution in [0, 0.1) is 0 Å². The van der Waals surface area contributed by atoms with E-state index in [9.17, 15) is 24.6 Å². The zero-order valence-electron chi connectivity index (χ0n) is 14.3. The summed E-state index contributed by atoms with van der Waals surface area (Å²) in [4.78, 5) is 33.9. The Kier molecular flexibility index (Phi) is 3.85. The van der Waals surface area contributed by atoms with Crippen LogP contribution in [0.2, 0.25) is 0 Å². The van der Waals surface area contributed by atoms with Crippen molar-refractivity contribution < 1.29 is 29.7 Å². The van der Waals surface area contributed by atoms with E-state index < -0.39 is 17.9 Å². The maximum atomic E-state index is 11.4. The lowest BCUT2D eigenvalue weighted by Crippen LogP contribution is -1.99. The van der Waals surface area contributed by atoms with E-state index >= 15 is 0 Å². The third kappa shape index (κ3) is 2.66. The first kappa shape index (κ1) is 17.3. The minimum atomic E-state index is -1.08. The number of fused-ring (bicyclic) bond motifs is 3. The van der Waals surface area contributed by atoms with Crippen molar-refractivity contribution >= 4 is 39.7 Å². The molecule has 0 unspecified atom stereocenters. The molecule has 0 aliphatic heterocycles. The smallest absolute Gasteiger partial charge is 0.335 e. The normalized spacial score (nSPS) is 11.0. The van der Waals surface area contributed by atoms with E-state index in [0.717, 1.165) is 0 Å². The lowest BCUT2D eigenvalue weighted by atomic mass is 10.1. The van der Waals surface area contributed by atoms with Gasteiger partial charge in [-0.05, 0) is 60.7 Å². The minimum absolute atomic E-state index is 0.0912. The molecule has 7 heteroatoms. The number of hydrogen-bond acceptors (Lipinski definition) is 3. The quantitative estimate of drug-likeness (QED) is 0.498. The predicted octanol–water partition coefficient (Wildman–Crippen LogP) is 3.88. The summed E-state index contributed by atoms with van der Waals surface area (Å²) in [7, 11) is 0. The van der Waals surface area contributed by atoms with Crippen molar-refractivity contribution in [3.8, 4) is 5.69 Å². The second kappa shape index (κ2) is 6.24. The standard InChI is InChI=1S/C21H13NO6/c23-19(24)11-1-5-14(6-2-11)22-17-7-3-12(20(25)26)9-15(17)16-10-13(21(27)28)4-8-18(16)22/h1-10H,(H,23,24)(H,25,26)(H,27,28). The van der Waals surface area contributed by atoms with Gasteiger partial charge in [-0.2, -0.15) is 0 Å². The molecule has 0 radical (unpaired) electrons. The Hall–Kier alpha value is -4.13. The van der Waals surface area contributed by atoms with Gasteiger partial charge in [0.05, 0.1) is 27.7 Å². The first-order valence-corrected chi connectivity index (χ1v) is 8.25. The molecule has 138 valence electrons. The van der Waals surface area contributed by atoms with Crippen LogP contribution in [0.4, 0.5) is 0 Å². The summed E-state index contributed by atoms with van der Waals surface area (Å²) >= 11 is 0. The zero-order chi connectivity index (χ0) is 20.0. The number of carbonyl (C=O) groups is 3. The number of carboxylic acids is 3. The Bertz CT molecular complexity index is 1210. The molecule has 0 amide bonds. The molecule has 0 fully saturated rings. The van der Waals surface area contributed by atoms with E-state index in [-0.39, 0.29) is 16.7 Å². The van der Waals surface area contributed by atoms with E-state index in [1.807, 2.05) is 4.57 Å². The van der Waals surface area contributed by atoms with Crippen LogP contribution in [0.25, 0.3) is 27.5 Å². The zero-order valence-corrected chi connectivity index (χ0v) is 14.3. The number of hydrogen-bond donors (Lipinski definition) is 3. The van der Waals surface area contributed by atoms with Crippen LogP contribution in [0.5, 0.6) is 0 Å². The van der Waals surface area contributed by atoms with Crippen LogP contribution < -0.4 is 0 Å². The molecular weight excluding hydrogens is 362 g/mol. The summed E-state index contributed by atoms with van der Waals surface area (Å²) in [6.45, 7) is 0. The fourth-order valence-corrected chi connectivity index (χ4v) is 3.32. The summed E-state index contributed by atoms with van der Waals surface area (Å²) in [5.41, 5.74) is 2.38. The van der Waals surface area contributed by atoms with Gasteiger partial charge in [0, 0.05) is 16.5 Å². The molecule has 3 aromatic carbocycles. The number of aromatic nitrogens is 1. The Balaban J connectivity index is 2.07. The molecule has 0 saturated carbocycles. The van der Waals surface area contributed by atoms with E-state index in [2.05, 4.69) is 0 Å². The number of nitrogens with zero attached hydrogens (tertiary/aromatic N) is 1. The second-order valence-corrected chi connectivity index (χ2v) is 6.26. The van der Waals surface area contributed by atoms with Gasteiger partial charge in [0.25, 0.3) is 0 Å². The summed E-state index contributed by atoms with van der Waals surface area (Å²) in [5.74, 6) is -3.20. The Labute approximate surface area is 157 Å². The van der Waals surface area contributed by atoms with Gasteiger partial charge in [-0.3, -0.25) is 0 Å². The maximum absolute atomic E-state index is 11.4. The Morgan fingerprint density at radius 3 is 1.36 bits per heavy atom. The molecule has 0 aliphatic rings. The molecule has 0 saturated heterocycles. The van der Waals surface area contributed by atoms with Gasteiger partial charge in [0.2, 0.25) is 0 Å². The highest BCUT2D eigenvalue weighted by Crippen LogP contribution is 2.33. The molecule has 4 rings (SSSR count). The van der Waals surface area contributed by atoms with Gasteiger partial charge in [0.1, 0.15) is 0 Å². The topological polar surface area (TPSA) is 117 Å². The van der Waals surface area contributed by atoms with Gasteiger partial charge >= 0.3 is 17.9 Å². The Morgan fingerprint density at radius 2 is 0.964 bits per heavy atom. The van der Waals surface area contributed by atoms with Crippen molar-refractivity contribution in [2.24, 2.45) is 0 Å². The van der Waals surface area contributed by atoms with Crippen LogP contribution >= 0.6 is 0 Å².